The lowest BCUT2D eigenvalue weighted by atomic mass is 10.0. The molecule has 1 rings (SSSR count). The quantitative estimate of drug-likeness (QED) is 0.350. The maximum atomic E-state index is 11.5. The van der Waals surface area contributed by atoms with Gasteiger partial charge in [-0.15, -0.1) is 0 Å². The Labute approximate surface area is 148 Å². The van der Waals surface area contributed by atoms with Crippen LogP contribution in [0.3, 0.4) is 0 Å². The zero-order valence-corrected chi connectivity index (χ0v) is 15.5. The topological polar surface area (TPSA) is 44.1 Å². The molecule has 0 amide bonds. The molecule has 0 N–H and O–H groups in total. The standard InChI is InChI=1S/C20H36N2O2/c1-2-3-4-5-6-7-8-9-10-11-12-13-14-15-18-24-20(23)22-17-16-21-19-22/h16-17,19H,2-15,18H2,1H3. The molecule has 4 heteroatoms. The molecule has 1 aromatic rings. The number of hydrogen-bond acceptors (Lipinski definition) is 3. The second-order valence-electron chi connectivity index (χ2n) is 6.68. The number of hydrogen-bond donors (Lipinski definition) is 0. The van der Waals surface area contributed by atoms with Gasteiger partial charge in [0.05, 0.1) is 6.61 Å². The van der Waals surface area contributed by atoms with Gasteiger partial charge in [-0.2, -0.15) is 0 Å². The van der Waals surface area contributed by atoms with Crippen LogP contribution < -0.4 is 0 Å². The molecule has 4 nitrogen and oxygen atoms in total. The number of imidazole rings is 1. The smallest absolute Gasteiger partial charge is 0.419 e. The summed E-state index contributed by atoms with van der Waals surface area (Å²) < 4.78 is 6.54. The van der Waals surface area contributed by atoms with Crippen LogP contribution in [0.5, 0.6) is 0 Å². The van der Waals surface area contributed by atoms with Crippen molar-refractivity contribution in [1.29, 1.82) is 0 Å². The second kappa shape index (κ2) is 15.2. The largest absolute Gasteiger partial charge is 0.449 e. The average molecular weight is 337 g/mol. The van der Waals surface area contributed by atoms with Crippen molar-refractivity contribution in [2.45, 2.75) is 96.8 Å². The first-order valence-electron chi connectivity index (χ1n) is 9.99. The highest BCUT2D eigenvalue weighted by Crippen LogP contribution is 2.12. The summed E-state index contributed by atoms with van der Waals surface area (Å²) in [6, 6.07) is 0. The highest BCUT2D eigenvalue weighted by molar-refractivity contribution is 5.69. The molecular formula is C20H36N2O2. The number of rotatable bonds is 15. The van der Waals surface area contributed by atoms with Gasteiger partial charge < -0.3 is 4.74 Å². The van der Waals surface area contributed by atoms with Crippen LogP contribution in [-0.4, -0.2) is 22.3 Å². The van der Waals surface area contributed by atoms with Crippen molar-refractivity contribution in [3.8, 4) is 0 Å². The third-order valence-electron chi connectivity index (χ3n) is 4.44. The number of carbonyl (C=O) groups is 1. The molecule has 0 atom stereocenters. The van der Waals surface area contributed by atoms with Crippen LogP contribution in [0.1, 0.15) is 96.8 Å². The summed E-state index contributed by atoms with van der Waals surface area (Å²) in [5.74, 6) is 0. The van der Waals surface area contributed by atoms with Gasteiger partial charge in [0.25, 0.3) is 0 Å². The molecule has 0 aliphatic carbocycles. The molecule has 1 heterocycles. The summed E-state index contributed by atoms with van der Waals surface area (Å²) in [4.78, 5) is 15.4. The van der Waals surface area contributed by atoms with Gasteiger partial charge in [0.2, 0.25) is 0 Å². The van der Waals surface area contributed by atoms with E-state index in [1.165, 1.54) is 87.9 Å². The monoisotopic (exact) mass is 336 g/mol. The van der Waals surface area contributed by atoms with Crippen molar-refractivity contribution in [2.75, 3.05) is 6.61 Å². The van der Waals surface area contributed by atoms with Gasteiger partial charge >= 0.3 is 6.09 Å². The molecule has 0 fully saturated rings. The molecule has 0 aliphatic rings. The van der Waals surface area contributed by atoms with Crippen molar-refractivity contribution < 1.29 is 9.53 Å². The molecule has 0 unspecified atom stereocenters. The fourth-order valence-electron chi connectivity index (χ4n) is 2.90. The van der Waals surface area contributed by atoms with E-state index >= 15 is 0 Å². The summed E-state index contributed by atoms with van der Waals surface area (Å²) in [5, 5.41) is 0. The average Bonchev–Trinajstić information content (AvgIpc) is 3.13. The highest BCUT2D eigenvalue weighted by atomic mass is 16.5. The molecule has 0 aliphatic heterocycles. The lowest BCUT2D eigenvalue weighted by Gasteiger charge is -2.05. The summed E-state index contributed by atoms with van der Waals surface area (Å²) in [6.07, 6.45) is 23.0. The fourth-order valence-corrected chi connectivity index (χ4v) is 2.90. The van der Waals surface area contributed by atoms with Gasteiger partial charge in [-0.3, -0.25) is 0 Å². The molecule has 1 aromatic heterocycles. The molecule has 0 aromatic carbocycles. The Hall–Kier alpha value is -1.32. The Balaban J connectivity index is 1.74. The van der Waals surface area contributed by atoms with Gasteiger partial charge in [0, 0.05) is 12.4 Å². The minimum absolute atomic E-state index is 0.331. The maximum absolute atomic E-state index is 11.5. The molecular weight excluding hydrogens is 300 g/mol. The van der Waals surface area contributed by atoms with Crippen LogP contribution in [0, 0.1) is 0 Å². The van der Waals surface area contributed by atoms with Crippen molar-refractivity contribution in [2.24, 2.45) is 0 Å². The number of ether oxygens (including phenoxy) is 1. The van der Waals surface area contributed by atoms with Crippen LogP contribution >= 0.6 is 0 Å². The summed E-state index contributed by atoms with van der Waals surface area (Å²) in [6.45, 7) is 2.78. The van der Waals surface area contributed by atoms with E-state index in [1.54, 1.807) is 12.4 Å². The van der Waals surface area contributed by atoms with Crippen LogP contribution in [0.4, 0.5) is 4.79 Å². The summed E-state index contributed by atoms with van der Waals surface area (Å²) >= 11 is 0. The number of nitrogens with zero attached hydrogens (tertiary/aromatic N) is 2. The fraction of sp³-hybridized carbons (Fsp3) is 0.800. The van der Waals surface area contributed by atoms with E-state index in [1.807, 2.05) is 0 Å². The van der Waals surface area contributed by atoms with Crippen molar-refractivity contribution in [3.63, 3.8) is 0 Å². The molecule has 0 spiro atoms. The predicted molar refractivity (Wildman–Crippen MR) is 99.3 cm³/mol. The Bertz CT molecular complexity index is 390. The number of aromatic nitrogens is 2. The Morgan fingerprint density at radius 1 is 0.833 bits per heavy atom. The minimum Gasteiger partial charge on any atom is -0.449 e. The van der Waals surface area contributed by atoms with Crippen LogP contribution in [-0.2, 0) is 4.74 Å². The van der Waals surface area contributed by atoms with E-state index in [9.17, 15) is 4.79 Å². The Kier molecular flexibility index (Phi) is 13.1. The Morgan fingerprint density at radius 2 is 1.33 bits per heavy atom. The lowest BCUT2D eigenvalue weighted by Crippen LogP contribution is -2.12. The van der Waals surface area contributed by atoms with Crippen molar-refractivity contribution >= 4 is 6.09 Å². The van der Waals surface area contributed by atoms with E-state index < -0.39 is 0 Å². The second-order valence-corrected chi connectivity index (χ2v) is 6.68. The summed E-state index contributed by atoms with van der Waals surface area (Å²) in [7, 11) is 0. The lowest BCUT2D eigenvalue weighted by molar-refractivity contribution is 0.145. The zero-order valence-electron chi connectivity index (χ0n) is 15.5. The third-order valence-corrected chi connectivity index (χ3v) is 4.44. The molecule has 24 heavy (non-hydrogen) atoms. The SMILES string of the molecule is CCCCCCCCCCCCCCCCOC(=O)n1ccnc1. The molecule has 0 saturated carbocycles. The minimum atomic E-state index is -0.331. The predicted octanol–water partition coefficient (Wildman–Crippen LogP) is 6.35. The van der Waals surface area contributed by atoms with E-state index in [0.29, 0.717) is 6.61 Å². The van der Waals surface area contributed by atoms with E-state index in [0.717, 1.165) is 12.8 Å². The van der Waals surface area contributed by atoms with Gasteiger partial charge in [-0.25, -0.2) is 14.3 Å². The first-order chi connectivity index (χ1) is 11.8. The first-order valence-corrected chi connectivity index (χ1v) is 9.99. The molecule has 138 valence electrons. The molecule has 0 bridgehead atoms. The van der Waals surface area contributed by atoms with Gasteiger partial charge in [0.15, 0.2) is 0 Å². The van der Waals surface area contributed by atoms with Crippen molar-refractivity contribution in [1.82, 2.24) is 9.55 Å². The van der Waals surface area contributed by atoms with Crippen LogP contribution in [0.2, 0.25) is 0 Å². The van der Waals surface area contributed by atoms with Crippen LogP contribution in [0.15, 0.2) is 18.7 Å². The van der Waals surface area contributed by atoms with Crippen molar-refractivity contribution in [3.05, 3.63) is 18.7 Å². The Morgan fingerprint density at radius 3 is 1.79 bits per heavy atom. The molecule has 0 radical (unpaired) electrons. The first kappa shape index (κ1) is 20.7. The molecule has 0 saturated heterocycles. The maximum Gasteiger partial charge on any atom is 0.419 e. The highest BCUT2D eigenvalue weighted by Gasteiger charge is 2.03. The zero-order chi connectivity index (χ0) is 17.3. The van der Waals surface area contributed by atoms with E-state index in [-0.39, 0.29) is 6.09 Å². The van der Waals surface area contributed by atoms with E-state index in [4.69, 9.17) is 4.74 Å². The summed E-state index contributed by atoms with van der Waals surface area (Å²) in [5.41, 5.74) is 0. The van der Waals surface area contributed by atoms with Gasteiger partial charge in [-0.1, -0.05) is 90.4 Å². The van der Waals surface area contributed by atoms with Gasteiger partial charge in [0.1, 0.15) is 6.33 Å². The normalized spacial score (nSPS) is 10.9. The van der Waals surface area contributed by atoms with Gasteiger partial charge in [-0.05, 0) is 6.42 Å². The van der Waals surface area contributed by atoms with E-state index in [2.05, 4.69) is 11.9 Å². The number of carbonyl (C=O) groups excluding carboxylic acids is 1. The van der Waals surface area contributed by atoms with Crippen LogP contribution in [0.25, 0.3) is 0 Å². The number of unbranched alkanes of at least 4 members (excludes halogenated alkanes) is 13. The third kappa shape index (κ3) is 11.3.